The van der Waals surface area contributed by atoms with Crippen LogP contribution in [0.3, 0.4) is 0 Å². The van der Waals surface area contributed by atoms with Gasteiger partial charge < -0.3 is 15.2 Å². The number of ether oxygens (including phenoxy) is 1. The third-order valence-corrected chi connectivity index (χ3v) is 4.56. The second-order valence-electron chi connectivity index (χ2n) is 6.01. The van der Waals surface area contributed by atoms with Crippen molar-refractivity contribution in [1.29, 1.82) is 0 Å². The molecule has 2 N–H and O–H groups in total. The lowest BCUT2D eigenvalue weighted by atomic mass is 9.88. The molecule has 0 spiro atoms. The molecule has 3 atom stereocenters. The molecule has 0 saturated heterocycles. The van der Waals surface area contributed by atoms with E-state index in [-0.39, 0.29) is 0 Å². The van der Waals surface area contributed by atoms with Crippen LogP contribution in [0.15, 0.2) is 24.3 Å². The summed E-state index contributed by atoms with van der Waals surface area (Å²) in [5, 5.41) is 14.0. The summed E-state index contributed by atoms with van der Waals surface area (Å²) in [4.78, 5) is 0. The first-order valence-electron chi connectivity index (χ1n) is 7.90. The maximum atomic E-state index is 9.99. The number of benzene rings is 1. The van der Waals surface area contributed by atoms with Crippen LogP contribution in [0.5, 0.6) is 0 Å². The van der Waals surface area contributed by atoms with E-state index in [2.05, 4.69) is 12.2 Å². The molecule has 1 fully saturated rings. The summed E-state index contributed by atoms with van der Waals surface area (Å²) < 4.78 is 5.87. The molecule has 0 bridgehead atoms. The van der Waals surface area contributed by atoms with E-state index < -0.39 is 6.10 Å². The van der Waals surface area contributed by atoms with Crippen molar-refractivity contribution in [3.8, 4) is 0 Å². The average Bonchev–Trinajstić information content (AvgIpc) is 2.48. The van der Waals surface area contributed by atoms with Gasteiger partial charge in [0.15, 0.2) is 0 Å². The molecular formula is C17H26ClNO2. The van der Waals surface area contributed by atoms with Crippen LogP contribution in [0.1, 0.15) is 38.2 Å². The Bertz CT molecular complexity index is 427. The Balaban J connectivity index is 1.63. The van der Waals surface area contributed by atoms with Crippen LogP contribution in [-0.4, -0.2) is 30.5 Å². The fourth-order valence-corrected chi connectivity index (χ4v) is 3.04. The van der Waals surface area contributed by atoms with Crippen LogP contribution in [0.2, 0.25) is 5.02 Å². The van der Waals surface area contributed by atoms with Crippen molar-refractivity contribution in [2.75, 3.05) is 13.2 Å². The quantitative estimate of drug-likeness (QED) is 0.811. The fourth-order valence-electron chi connectivity index (χ4n) is 2.84. The van der Waals surface area contributed by atoms with Crippen LogP contribution < -0.4 is 5.32 Å². The highest BCUT2D eigenvalue weighted by Crippen LogP contribution is 2.26. The molecule has 3 unspecified atom stereocenters. The minimum Gasteiger partial charge on any atom is -0.389 e. The van der Waals surface area contributed by atoms with E-state index in [1.54, 1.807) is 0 Å². The first-order chi connectivity index (χ1) is 10.2. The van der Waals surface area contributed by atoms with Gasteiger partial charge >= 0.3 is 0 Å². The Kier molecular flexibility index (Phi) is 6.97. The van der Waals surface area contributed by atoms with Gasteiger partial charge in [0.2, 0.25) is 0 Å². The monoisotopic (exact) mass is 311 g/mol. The number of hydrogen-bond acceptors (Lipinski definition) is 3. The lowest BCUT2D eigenvalue weighted by molar-refractivity contribution is -0.0452. The lowest BCUT2D eigenvalue weighted by Gasteiger charge is -2.29. The van der Waals surface area contributed by atoms with Gasteiger partial charge in [0.05, 0.1) is 18.8 Å². The Morgan fingerprint density at radius 2 is 2.10 bits per heavy atom. The molecule has 2 rings (SSSR count). The van der Waals surface area contributed by atoms with Crippen molar-refractivity contribution in [2.45, 2.75) is 51.4 Å². The normalized spacial score (nSPS) is 24.0. The highest BCUT2D eigenvalue weighted by Gasteiger charge is 2.22. The Morgan fingerprint density at radius 3 is 2.86 bits per heavy atom. The molecule has 1 aliphatic rings. The maximum Gasteiger partial charge on any atom is 0.0897 e. The molecule has 1 aromatic carbocycles. The van der Waals surface area contributed by atoms with Crippen LogP contribution in [0.4, 0.5) is 0 Å². The van der Waals surface area contributed by atoms with Crippen LogP contribution in [0, 0.1) is 5.92 Å². The summed E-state index contributed by atoms with van der Waals surface area (Å²) in [5.41, 5.74) is 1.05. The molecule has 4 heteroatoms. The number of aliphatic hydroxyl groups excluding tert-OH is 1. The predicted molar refractivity (Wildman–Crippen MR) is 86.5 cm³/mol. The second kappa shape index (κ2) is 8.74. The van der Waals surface area contributed by atoms with Crippen molar-refractivity contribution in [2.24, 2.45) is 5.92 Å². The zero-order valence-corrected chi connectivity index (χ0v) is 13.5. The van der Waals surface area contributed by atoms with Crippen molar-refractivity contribution >= 4 is 11.6 Å². The van der Waals surface area contributed by atoms with Gasteiger partial charge in [-0.05, 0) is 30.4 Å². The number of aliphatic hydroxyl groups is 1. The molecule has 0 radical (unpaired) electrons. The van der Waals surface area contributed by atoms with E-state index in [9.17, 15) is 5.11 Å². The van der Waals surface area contributed by atoms with E-state index in [1.807, 2.05) is 24.3 Å². The molecule has 0 aliphatic heterocycles. The van der Waals surface area contributed by atoms with E-state index in [4.69, 9.17) is 16.3 Å². The first-order valence-corrected chi connectivity index (χ1v) is 8.28. The van der Waals surface area contributed by atoms with Crippen molar-refractivity contribution in [3.05, 3.63) is 34.9 Å². The number of halogens is 1. The van der Waals surface area contributed by atoms with Crippen molar-refractivity contribution in [3.63, 3.8) is 0 Å². The number of rotatable bonds is 7. The third-order valence-electron chi connectivity index (χ3n) is 4.19. The summed E-state index contributed by atoms with van der Waals surface area (Å²) in [6.45, 7) is 3.83. The van der Waals surface area contributed by atoms with Gasteiger partial charge in [-0.2, -0.15) is 0 Å². The SMILES string of the molecule is CC1CCCCC1OCC(O)CNCc1ccccc1Cl. The summed E-state index contributed by atoms with van der Waals surface area (Å²) in [6.07, 6.45) is 4.77. The number of hydrogen-bond donors (Lipinski definition) is 2. The summed E-state index contributed by atoms with van der Waals surface area (Å²) in [6, 6.07) is 7.75. The smallest absolute Gasteiger partial charge is 0.0897 e. The third kappa shape index (κ3) is 5.59. The molecule has 0 heterocycles. The minimum absolute atomic E-state index is 0.317. The first kappa shape index (κ1) is 16.8. The Labute approximate surface area is 132 Å². The van der Waals surface area contributed by atoms with Gasteiger partial charge in [0, 0.05) is 18.1 Å². The van der Waals surface area contributed by atoms with Crippen molar-refractivity contribution in [1.82, 2.24) is 5.32 Å². The van der Waals surface area contributed by atoms with Gasteiger partial charge in [0.1, 0.15) is 0 Å². The molecule has 1 aliphatic carbocycles. The van der Waals surface area contributed by atoms with Gasteiger partial charge in [-0.25, -0.2) is 0 Å². The largest absolute Gasteiger partial charge is 0.389 e. The van der Waals surface area contributed by atoms with Crippen LogP contribution >= 0.6 is 11.6 Å². The molecule has 1 saturated carbocycles. The topological polar surface area (TPSA) is 41.5 Å². The number of nitrogens with one attached hydrogen (secondary N) is 1. The molecular weight excluding hydrogens is 286 g/mol. The second-order valence-corrected chi connectivity index (χ2v) is 6.42. The van der Waals surface area contributed by atoms with E-state index in [0.717, 1.165) is 17.0 Å². The van der Waals surface area contributed by atoms with Crippen molar-refractivity contribution < 1.29 is 9.84 Å². The minimum atomic E-state index is -0.471. The van der Waals surface area contributed by atoms with Gasteiger partial charge in [-0.1, -0.05) is 49.6 Å². The Morgan fingerprint density at radius 1 is 1.33 bits per heavy atom. The molecule has 1 aromatic rings. The zero-order chi connectivity index (χ0) is 15.1. The van der Waals surface area contributed by atoms with Gasteiger partial charge in [-0.15, -0.1) is 0 Å². The predicted octanol–water partition coefficient (Wildman–Crippen LogP) is 3.39. The van der Waals surface area contributed by atoms with E-state index >= 15 is 0 Å². The highest BCUT2D eigenvalue weighted by molar-refractivity contribution is 6.31. The van der Waals surface area contributed by atoms with Crippen LogP contribution in [0.25, 0.3) is 0 Å². The average molecular weight is 312 g/mol. The summed E-state index contributed by atoms with van der Waals surface area (Å²) in [7, 11) is 0. The summed E-state index contributed by atoms with van der Waals surface area (Å²) in [5.74, 6) is 0.613. The maximum absolute atomic E-state index is 9.99. The van der Waals surface area contributed by atoms with Gasteiger partial charge in [-0.3, -0.25) is 0 Å². The highest BCUT2D eigenvalue weighted by atomic mass is 35.5. The van der Waals surface area contributed by atoms with E-state index in [0.29, 0.717) is 31.7 Å². The molecule has 0 amide bonds. The molecule has 0 aromatic heterocycles. The lowest BCUT2D eigenvalue weighted by Crippen LogP contribution is -2.34. The van der Waals surface area contributed by atoms with Crippen LogP contribution in [-0.2, 0) is 11.3 Å². The molecule has 118 valence electrons. The van der Waals surface area contributed by atoms with E-state index in [1.165, 1.54) is 19.3 Å². The fraction of sp³-hybridized carbons (Fsp3) is 0.647. The molecule has 21 heavy (non-hydrogen) atoms. The Hall–Kier alpha value is -0.610. The standard InChI is InChI=1S/C17H26ClNO2/c1-13-6-2-5-9-17(13)21-12-15(20)11-19-10-14-7-3-4-8-16(14)18/h3-4,7-8,13,15,17,19-20H,2,5-6,9-12H2,1H3. The molecule has 3 nitrogen and oxygen atoms in total. The van der Waals surface area contributed by atoms with Gasteiger partial charge in [0.25, 0.3) is 0 Å². The zero-order valence-electron chi connectivity index (χ0n) is 12.7. The summed E-state index contributed by atoms with van der Waals surface area (Å²) >= 11 is 6.09.